The molecular formula is C16H18ClN3O3. The van der Waals surface area contributed by atoms with Gasteiger partial charge in [-0.05, 0) is 25.1 Å². The van der Waals surface area contributed by atoms with E-state index in [2.05, 4.69) is 10.3 Å². The maximum absolute atomic E-state index is 12.3. The van der Waals surface area contributed by atoms with E-state index in [1.807, 2.05) is 6.07 Å². The van der Waals surface area contributed by atoms with Crippen LogP contribution in [0.3, 0.4) is 0 Å². The van der Waals surface area contributed by atoms with Crippen molar-refractivity contribution in [3.63, 3.8) is 0 Å². The third-order valence-corrected chi connectivity index (χ3v) is 3.48. The second kappa shape index (κ2) is 7.69. The summed E-state index contributed by atoms with van der Waals surface area (Å²) in [6.45, 7) is 2.14. The zero-order valence-electron chi connectivity index (χ0n) is 12.9. The maximum atomic E-state index is 12.3. The van der Waals surface area contributed by atoms with Gasteiger partial charge in [-0.25, -0.2) is 0 Å². The Kier molecular flexibility index (Phi) is 5.65. The number of ether oxygens (including phenoxy) is 1. The van der Waals surface area contributed by atoms with Gasteiger partial charge in [0.05, 0.1) is 17.8 Å². The molecule has 23 heavy (non-hydrogen) atoms. The van der Waals surface area contributed by atoms with Gasteiger partial charge in [0.25, 0.3) is 5.91 Å². The van der Waals surface area contributed by atoms with Crippen molar-refractivity contribution in [3.05, 3.63) is 47.2 Å². The number of aromatic nitrogens is 1. The normalized spacial score (nSPS) is 10.2. The van der Waals surface area contributed by atoms with Gasteiger partial charge >= 0.3 is 0 Å². The molecule has 7 heteroatoms. The molecule has 0 unspecified atom stereocenters. The van der Waals surface area contributed by atoms with Crippen LogP contribution in [0, 0.1) is 0 Å². The number of methoxy groups -OCH3 is 1. The summed E-state index contributed by atoms with van der Waals surface area (Å²) in [5.41, 5.74) is 0.911. The minimum atomic E-state index is -0.303. The van der Waals surface area contributed by atoms with Crippen LogP contribution >= 0.6 is 11.6 Å². The van der Waals surface area contributed by atoms with Gasteiger partial charge in [0.15, 0.2) is 0 Å². The van der Waals surface area contributed by atoms with Gasteiger partial charge in [0.2, 0.25) is 5.91 Å². The Labute approximate surface area is 139 Å². The predicted molar refractivity (Wildman–Crippen MR) is 89.0 cm³/mol. The van der Waals surface area contributed by atoms with Crippen LogP contribution in [-0.2, 0) is 4.79 Å². The number of carbonyl (C=O) groups is 2. The van der Waals surface area contributed by atoms with Crippen molar-refractivity contribution < 1.29 is 14.3 Å². The Morgan fingerprint density at radius 2 is 2.09 bits per heavy atom. The summed E-state index contributed by atoms with van der Waals surface area (Å²) in [6.07, 6.45) is 1.53. The molecule has 0 bridgehead atoms. The molecule has 1 aromatic heterocycles. The van der Waals surface area contributed by atoms with E-state index in [1.54, 1.807) is 25.1 Å². The Morgan fingerprint density at radius 3 is 2.70 bits per heavy atom. The van der Waals surface area contributed by atoms with Gasteiger partial charge in [-0.3, -0.25) is 9.59 Å². The lowest BCUT2D eigenvalue weighted by Gasteiger charge is -2.20. The highest BCUT2D eigenvalue weighted by Crippen LogP contribution is 2.22. The van der Waals surface area contributed by atoms with Crippen LogP contribution in [0.5, 0.6) is 5.75 Å². The number of amides is 2. The van der Waals surface area contributed by atoms with Crippen LogP contribution in [0.4, 0.5) is 5.69 Å². The predicted octanol–water partition coefficient (Wildman–Crippen LogP) is 2.78. The number of hydrogen-bond acceptors (Lipinski definition) is 3. The van der Waals surface area contributed by atoms with Gasteiger partial charge in [-0.15, -0.1) is 0 Å². The van der Waals surface area contributed by atoms with Crippen molar-refractivity contribution in [1.29, 1.82) is 0 Å². The lowest BCUT2D eigenvalue weighted by Crippen LogP contribution is -2.38. The van der Waals surface area contributed by atoms with E-state index in [0.717, 1.165) is 0 Å². The lowest BCUT2D eigenvalue weighted by molar-refractivity contribution is -0.116. The molecule has 2 N–H and O–H groups in total. The van der Waals surface area contributed by atoms with E-state index in [0.29, 0.717) is 28.7 Å². The largest absolute Gasteiger partial charge is 0.495 e. The smallest absolute Gasteiger partial charge is 0.270 e. The van der Waals surface area contributed by atoms with Gasteiger partial charge in [0, 0.05) is 12.7 Å². The van der Waals surface area contributed by atoms with Crippen LogP contribution in [0.15, 0.2) is 36.5 Å². The minimum Gasteiger partial charge on any atom is -0.495 e. The van der Waals surface area contributed by atoms with Crippen LogP contribution in [0.2, 0.25) is 5.02 Å². The van der Waals surface area contributed by atoms with E-state index >= 15 is 0 Å². The standard InChI is InChI=1S/C16H18ClN3O3/c1-3-20(16(22)13-8-11(17)9-18-13)10-15(21)19-12-6-4-5-7-14(12)23-2/h4-9,18H,3,10H2,1-2H3,(H,19,21). The number of halogens is 1. The third-order valence-electron chi connectivity index (χ3n) is 3.26. The first-order chi connectivity index (χ1) is 11.0. The highest BCUT2D eigenvalue weighted by molar-refractivity contribution is 6.31. The molecule has 0 spiro atoms. The molecule has 2 rings (SSSR count). The van der Waals surface area contributed by atoms with Gasteiger partial charge in [0.1, 0.15) is 18.0 Å². The number of nitrogens with zero attached hydrogens (tertiary/aromatic N) is 1. The summed E-state index contributed by atoms with van der Waals surface area (Å²) < 4.78 is 5.18. The summed E-state index contributed by atoms with van der Waals surface area (Å²) in [5.74, 6) is -0.0247. The van der Waals surface area contributed by atoms with E-state index in [-0.39, 0.29) is 18.4 Å². The summed E-state index contributed by atoms with van der Waals surface area (Å²) in [7, 11) is 1.53. The number of anilines is 1. The number of nitrogens with one attached hydrogen (secondary N) is 2. The van der Waals surface area contributed by atoms with Crippen LogP contribution in [0.1, 0.15) is 17.4 Å². The molecule has 0 aliphatic carbocycles. The molecule has 2 amide bonds. The van der Waals surface area contributed by atoms with Crippen molar-refractivity contribution in [2.24, 2.45) is 0 Å². The van der Waals surface area contributed by atoms with E-state index in [9.17, 15) is 9.59 Å². The van der Waals surface area contributed by atoms with E-state index < -0.39 is 0 Å². The number of para-hydroxylation sites is 2. The topological polar surface area (TPSA) is 74.4 Å². The molecule has 1 heterocycles. The third kappa shape index (κ3) is 4.26. The van der Waals surface area contributed by atoms with Crippen molar-refractivity contribution >= 4 is 29.1 Å². The van der Waals surface area contributed by atoms with Gasteiger partial charge in [-0.1, -0.05) is 23.7 Å². The van der Waals surface area contributed by atoms with Gasteiger partial charge < -0.3 is 19.9 Å². The maximum Gasteiger partial charge on any atom is 0.270 e. The first-order valence-electron chi connectivity index (χ1n) is 7.11. The van der Waals surface area contributed by atoms with Crippen LogP contribution in [-0.4, -0.2) is 41.9 Å². The summed E-state index contributed by atoms with van der Waals surface area (Å²) >= 11 is 5.80. The second-order valence-corrected chi connectivity index (χ2v) is 5.24. The zero-order chi connectivity index (χ0) is 16.8. The monoisotopic (exact) mass is 335 g/mol. The van der Waals surface area contributed by atoms with Crippen LogP contribution in [0.25, 0.3) is 0 Å². The molecule has 6 nitrogen and oxygen atoms in total. The molecular weight excluding hydrogens is 318 g/mol. The number of benzene rings is 1. The summed E-state index contributed by atoms with van der Waals surface area (Å²) in [5, 5.41) is 3.19. The summed E-state index contributed by atoms with van der Waals surface area (Å²) in [6, 6.07) is 8.62. The number of carbonyl (C=O) groups excluding carboxylic acids is 2. The SMILES string of the molecule is CCN(CC(=O)Nc1ccccc1OC)C(=O)c1cc(Cl)c[nH]1. The quantitative estimate of drug-likeness (QED) is 0.852. The van der Waals surface area contributed by atoms with Crippen molar-refractivity contribution in [1.82, 2.24) is 9.88 Å². The molecule has 0 fully saturated rings. The fourth-order valence-corrected chi connectivity index (χ4v) is 2.26. The Morgan fingerprint density at radius 1 is 1.35 bits per heavy atom. The van der Waals surface area contributed by atoms with Gasteiger partial charge in [-0.2, -0.15) is 0 Å². The summed E-state index contributed by atoms with van der Waals surface area (Å²) in [4.78, 5) is 28.7. The molecule has 0 saturated heterocycles. The Hall–Kier alpha value is -2.47. The highest BCUT2D eigenvalue weighted by atomic mass is 35.5. The van der Waals surface area contributed by atoms with Crippen LogP contribution < -0.4 is 10.1 Å². The number of likely N-dealkylation sites (N-methyl/N-ethyl adjacent to an activating group) is 1. The second-order valence-electron chi connectivity index (χ2n) is 4.80. The Bertz CT molecular complexity index is 699. The lowest BCUT2D eigenvalue weighted by atomic mass is 10.3. The molecule has 0 saturated carbocycles. The average molecular weight is 336 g/mol. The first-order valence-corrected chi connectivity index (χ1v) is 7.49. The molecule has 0 atom stereocenters. The van der Waals surface area contributed by atoms with Crippen molar-refractivity contribution in [3.8, 4) is 5.75 Å². The highest BCUT2D eigenvalue weighted by Gasteiger charge is 2.19. The van der Waals surface area contributed by atoms with Crippen molar-refractivity contribution in [2.75, 3.05) is 25.5 Å². The molecule has 0 radical (unpaired) electrons. The number of hydrogen-bond donors (Lipinski definition) is 2. The fraction of sp³-hybridized carbons (Fsp3) is 0.250. The number of rotatable bonds is 6. The molecule has 0 aliphatic heterocycles. The molecule has 0 aliphatic rings. The van der Waals surface area contributed by atoms with E-state index in [4.69, 9.17) is 16.3 Å². The molecule has 122 valence electrons. The average Bonchev–Trinajstić information content (AvgIpc) is 2.99. The van der Waals surface area contributed by atoms with Crippen molar-refractivity contribution in [2.45, 2.75) is 6.92 Å². The van der Waals surface area contributed by atoms with E-state index in [1.165, 1.54) is 24.3 Å². The number of aromatic amines is 1. The molecule has 1 aromatic carbocycles. The minimum absolute atomic E-state index is 0.0655. The fourth-order valence-electron chi connectivity index (χ4n) is 2.10. The number of H-pyrrole nitrogens is 1. The first kappa shape index (κ1) is 16.9. The Balaban J connectivity index is 2.03. The zero-order valence-corrected chi connectivity index (χ0v) is 13.7. The molecule has 2 aromatic rings.